The summed E-state index contributed by atoms with van der Waals surface area (Å²) in [7, 11) is 1.83. The molecule has 0 amide bonds. The van der Waals surface area contributed by atoms with Gasteiger partial charge in [0.05, 0.1) is 16.4 Å². The zero-order valence-corrected chi connectivity index (χ0v) is 10.2. The molecule has 16 heavy (non-hydrogen) atoms. The van der Waals surface area contributed by atoms with Gasteiger partial charge in [-0.1, -0.05) is 0 Å². The molecule has 82 valence electrons. The lowest BCUT2D eigenvalue weighted by molar-refractivity contribution is 1.15. The van der Waals surface area contributed by atoms with Crippen LogP contribution in [0.2, 0.25) is 0 Å². The molecule has 0 fully saturated rings. The van der Waals surface area contributed by atoms with Crippen molar-refractivity contribution in [2.24, 2.45) is 0 Å². The summed E-state index contributed by atoms with van der Waals surface area (Å²) in [6, 6.07) is 3.78. The minimum atomic E-state index is 0.544. The first-order valence-electron chi connectivity index (χ1n) is 4.66. The van der Waals surface area contributed by atoms with Gasteiger partial charge < -0.3 is 10.6 Å². The lowest BCUT2D eigenvalue weighted by atomic mass is 10.4. The molecule has 0 bridgehead atoms. The highest BCUT2D eigenvalue weighted by atomic mass is 79.9. The molecule has 2 aromatic rings. The highest BCUT2D eigenvalue weighted by Gasteiger charge is 1.98. The van der Waals surface area contributed by atoms with Crippen LogP contribution < -0.4 is 10.6 Å². The Morgan fingerprint density at radius 3 is 2.38 bits per heavy atom. The third-order valence-corrected chi connectivity index (χ3v) is 2.31. The third-order valence-electron chi connectivity index (χ3n) is 1.90. The van der Waals surface area contributed by atoms with Crippen LogP contribution in [0.4, 0.5) is 17.5 Å². The second kappa shape index (κ2) is 4.89. The SMILES string of the molecule is CNc1ccc(Nc2ncc(Br)cn2)cn1. The predicted molar refractivity (Wildman–Crippen MR) is 66.8 cm³/mol. The monoisotopic (exact) mass is 279 g/mol. The third kappa shape index (κ3) is 2.66. The first-order chi connectivity index (χ1) is 7.78. The lowest BCUT2D eigenvalue weighted by Crippen LogP contribution is -1.97. The molecule has 0 aromatic carbocycles. The molecule has 6 heteroatoms. The molecule has 0 spiro atoms. The van der Waals surface area contributed by atoms with Gasteiger partial charge in [0.25, 0.3) is 0 Å². The van der Waals surface area contributed by atoms with Crippen molar-refractivity contribution in [3.05, 3.63) is 35.2 Å². The topological polar surface area (TPSA) is 62.7 Å². The Morgan fingerprint density at radius 1 is 1.06 bits per heavy atom. The van der Waals surface area contributed by atoms with Gasteiger partial charge in [0.15, 0.2) is 0 Å². The maximum atomic E-state index is 4.17. The van der Waals surface area contributed by atoms with Crippen LogP contribution in [0, 0.1) is 0 Å². The zero-order chi connectivity index (χ0) is 11.4. The van der Waals surface area contributed by atoms with Crippen molar-refractivity contribution in [2.45, 2.75) is 0 Å². The normalized spacial score (nSPS) is 9.88. The number of nitrogens with one attached hydrogen (secondary N) is 2. The van der Waals surface area contributed by atoms with E-state index >= 15 is 0 Å². The Bertz CT molecular complexity index is 454. The van der Waals surface area contributed by atoms with Crippen LogP contribution in [0.25, 0.3) is 0 Å². The van der Waals surface area contributed by atoms with Gasteiger partial charge in [0, 0.05) is 19.4 Å². The molecule has 2 N–H and O–H groups in total. The summed E-state index contributed by atoms with van der Waals surface area (Å²) in [5, 5.41) is 6.00. The van der Waals surface area contributed by atoms with Crippen LogP contribution in [-0.4, -0.2) is 22.0 Å². The fourth-order valence-corrected chi connectivity index (χ4v) is 1.33. The van der Waals surface area contributed by atoms with Crippen LogP contribution >= 0.6 is 15.9 Å². The number of aromatic nitrogens is 3. The molecule has 0 atom stereocenters. The number of pyridine rings is 1. The van der Waals surface area contributed by atoms with Gasteiger partial charge in [-0.2, -0.15) is 0 Å². The lowest BCUT2D eigenvalue weighted by Gasteiger charge is -2.04. The Morgan fingerprint density at radius 2 is 1.81 bits per heavy atom. The largest absolute Gasteiger partial charge is 0.373 e. The smallest absolute Gasteiger partial charge is 0.227 e. The summed E-state index contributed by atoms with van der Waals surface area (Å²) < 4.78 is 0.849. The molecule has 0 saturated heterocycles. The Labute approximate surface area is 101 Å². The van der Waals surface area contributed by atoms with E-state index in [0.717, 1.165) is 16.0 Å². The number of halogens is 1. The molecular weight excluding hydrogens is 270 g/mol. The molecule has 2 aromatic heterocycles. The molecule has 2 heterocycles. The highest BCUT2D eigenvalue weighted by molar-refractivity contribution is 9.10. The maximum absolute atomic E-state index is 4.17. The number of rotatable bonds is 3. The highest BCUT2D eigenvalue weighted by Crippen LogP contribution is 2.14. The van der Waals surface area contributed by atoms with E-state index in [1.165, 1.54) is 0 Å². The van der Waals surface area contributed by atoms with Crippen molar-refractivity contribution in [3.63, 3.8) is 0 Å². The molecule has 0 saturated carbocycles. The summed E-state index contributed by atoms with van der Waals surface area (Å²) in [5.74, 6) is 1.37. The van der Waals surface area contributed by atoms with Crippen molar-refractivity contribution in [3.8, 4) is 0 Å². The van der Waals surface area contributed by atoms with Gasteiger partial charge in [-0.15, -0.1) is 0 Å². The molecule has 0 aliphatic rings. The number of anilines is 3. The Balaban J connectivity index is 2.11. The fourth-order valence-electron chi connectivity index (χ4n) is 1.12. The molecule has 0 aliphatic carbocycles. The van der Waals surface area contributed by atoms with Crippen molar-refractivity contribution in [1.82, 2.24) is 15.0 Å². The van der Waals surface area contributed by atoms with Crippen molar-refractivity contribution < 1.29 is 0 Å². The van der Waals surface area contributed by atoms with E-state index in [9.17, 15) is 0 Å². The van der Waals surface area contributed by atoms with Crippen LogP contribution in [-0.2, 0) is 0 Å². The Kier molecular flexibility index (Phi) is 3.31. The van der Waals surface area contributed by atoms with Crippen molar-refractivity contribution in [1.29, 1.82) is 0 Å². The van der Waals surface area contributed by atoms with E-state index in [2.05, 4.69) is 41.5 Å². The summed E-state index contributed by atoms with van der Waals surface area (Å²) in [4.78, 5) is 12.4. The average Bonchev–Trinajstić information content (AvgIpc) is 2.33. The van der Waals surface area contributed by atoms with Crippen LogP contribution in [0.3, 0.4) is 0 Å². The van der Waals surface area contributed by atoms with E-state index in [4.69, 9.17) is 0 Å². The second-order valence-corrected chi connectivity index (χ2v) is 3.95. The minimum absolute atomic E-state index is 0.544. The second-order valence-electron chi connectivity index (χ2n) is 3.03. The average molecular weight is 280 g/mol. The van der Waals surface area contributed by atoms with Gasteiger partial charge in [-0.05, 0) is 28.1 Å². The number of hydrogen-bond donors (Lipinski definition) is 2. The molecule has 5 nitrogen and oxygen atoms in total. The number of nitrogens with zero attached hydrogens (tertiary/aromatic N) is 3. The predicted octanol–water partition coefficient (Wildman–Crippen LogP) is 2.42. The van der Waals surface area contributed by atoms with Crippen LogP contribution in [0.1, 0.15) is 0 Å². The van der Waals surface area contributed by atoms with Crippen LogP contribution in [0.15, 0.2) is 35.2 Å². The first kappa shape index (κ1) is 10.8. The summed E-state index contributed by atoms with van der Waals surface area (Å²) in [6.07, 6.45) is 5.09. The first-order valence-corrected chi connectivity index (χ1v) is 5.45. The minimum Gasteiger partial charge on any atom is -0.373 e. The molecule has 2 rings (SSSR count). The van der Waals surface area contributed by atoms with Gasteiger partial charge in [0.2, 0.25) is 5.95 Å². The molecular formula is C10H10BrN5. The number of hydrogen-bond acceptors (Lipinski definition) is 5. The van der Waals surface area contributed by atoms with E-state index in [-0.39, 0.29) is 0 Å². The fraction of sp³-hybridized carbons (Fsp3) is 0.100. The van der Waals surface area contributed by atoms with Crippen LogP contribution in [0.5, 0.6) is 0 Å². The van der Waals surface area contributed by atoms with Gasteiger partial charge >= 0.3 is 0 Å². The summed E-state index contributed by atoms with van der Waals surface area (Å²) >= 11 is 3.28. The standard InChI is InChI=1S/C10H10BrN5/c1-12-9-3-2-8(6-13-9)16-10-14-4-7(11)5-15-10/h2-6H,1H3,(H,12,13)(H,14,15,16). The van der Waals surface area contributed by atoms with Crippen molar-refractivity contribution in [2.75, 3.05) is 17.7 Å². The quantitative estimate of drug-likeness (QED) is 0.904. The summed E-state index contributed by atoms with van der Waals surface area (Å²) in [6.45, 7) is 0. The molecule has 0 unspecified atom stereocenters. The van der Waals surface area contributed by atoms with E-state index in [0.29, 0.717) is 5.95 Å². The Hall–Kier alpha value is -1.69. The van der Waals surface area contributed by atoms with Gasteiger partial charge in [0.1, 0.15) is 5.82 Å². The molecule has 0 radical (unpaired) electrons. The van der Waals surface area contributed by atoms with E-state index in [1.54, 1.807) is 18.6 Å². The zero-order valence-electron chi connectivity index (χ0n) is 8.61. The van der Waals surface area contributed by atoms with Gasteiger partial charge in [-0.25, -0.2) is 15.0 Å². The summed E-state index contributed by atoms with van der Waals surface area (Å²) in [5.41, 5.74) is 0.848. The van der Waals surface area contributed by atoms with E-state index < -0.39 is 0 Å². The maximum Gasteiger partial charge on any atom is 0.227 e. The van der Waals surface area contributed by atoms with Crippen molar-refractivity contribution >= 4 is 33.4 Å². The molecule has 0 aliphatic heterocycles. The van der Waals surface area contributed by atoms with Gasteiger partial charge in [-0.3, -0.25) is 0 Å². The van der Waals surface area contributed by atoms with E-state index in [1.807, 2.05) is 19.2 Å².